The molecular formula is C20H20F5N5O. The molecule has 0 radical (unpaired) electrons. The van der Waals surface area contributed by atoms with Gasteiger partial charge in [-0.05, 0) is 25.0 Å². The minimum Gasteiger partial charge on any atom is -0.493 e. The quantitative estimate of drug-likeness (QED) is 0.531. The van der Waals surface area contributed by atoms with Gasteiger partial charge in [-0.2, -0.15) is 18.3 Å². The number of aromatic nitrogens is 4. The van der Waals surface area contributed by atoms with Crippen molar-refractivity contribution in [1.82, 2.24) is 19.7 Å². The second kappa shape index (κ2) is 8.64. The van der Waals surface area contributed by atoms with E-state index in [0.29, 0.717) is 24.4 Å². The second-order valence-corrected chi connectivity index (χ2v) is 7.41. The summed E-state index contributed by atoms with van der Waals surface area (Å²) < 4.78 is 71.6. The maximum Gasteiger partial charge on any atom is 0.419 e. The summed E-state index contributed by atoms with van der Waals surface area (Å²) in [5.74, 6) is 0.312. The Morgan fingerprint density at radius 1 is 1.16 bits per heavy atom. The minimum absolute atomic E-state index is 0.0153. The Balaban J connectivity index is 1.46. The highest BCUT2D eigenvalue weighted by Gasteiger charge is 2.34. The van der Waals surface area contributed by atoms with E-state index in [0.717, 1.165) is 23.6 Å². The van der Waals surface area contributed by atoms with E-state index < -0.39 is 24.7 Å². The molecule has 1 saturated heterocycles. The lowest BCUT2D eigenvalue weighted by atomic mass is 9.99. The number of halogens is 5. The van der Waals surface area contributed by atoms with Crippen molar-refractivity contribution < 1.29 is 26.7 Å². The lowest BCUT2D eigenvalue weighted by molar-refractivity contribution is -0.139. The van der Waals surface area contributed by atoms with E-state index in [9.17, 15) is 22.0 Å². The third-order valence-corrected chi connectivity index (χ3v) is 5.15. The summed E-state index contributed by atoms with van der Waals surface area (Å²) in [7, 11) is 0. The molecule has 3 aromatic rings. The van der Waals surface area contributed by atoms with Gasteiger partial charge in [0.25, 0.3) is 6.43 Å². The number of hydrogen-bond donors (Lipinski definition) is 0. The Labute approximate surface area is 174 Å². The number of alkyl halides is 5. The normalized spacial score (nSPS) is 17.5. The van der Waals surface area contributed by atoms with Crippen LogP contribution in [0.2, 0.25) is 0 Å². The van der Waals surface area contributed by atoms with Crippen LogP contribution in [0.3, 0.4) is 0 Å². The van der Waals surface area contributed by atoms with Gasteiger partial charge in [0.15, 0.2) is 5.65 Å². The van der Waals surface area contributed by atoms with Crippen molar-refractivity contribution in [2.75, 3.05) is 24.6 Å². The van der Waals surface area contributed by atoms with E-state index in [-0.39, 0.29) is 23.9 Å². The zero-order valence-electron chi connectivity index (χ0n) is 16.4. The van der Waals surface area contributed by atoms with Gasteiger partial charge in [-0.15, -0.1) is 0 Å². The number of anilines is 1. The highest BCUT2D eigenvalue weighted by atomic mass is 19.4. The van der Waals surface area contributed by atoms with E-state index >= 15 is 0 Å². The molecule has 3 heterocycles. The number of benzene rings is 1. The van der Waals surface area contributed by atoms with Crippen LogP contribution >= 0.6 is 0 Å². The molecule has 1 atom stereocenters. The summed E-state index contributed by atoms with van der Waals surface area (Å²) in [6.07, 6.45) is -2.52. The first kappa shape index (κ1) is 21.3. The highest BCUT2D eigenvalue weighted by Crippen LogP contribution is 2.36. The summed E-state index contributed by atoms with van der Waals surface area (Å²) in [6, 6.07) is 5.14. The first-order chi connectivity index (χ1) is 14.8. The Kier molecular flexibility index (Phi) is 5.92. The molecular weight excluding hydrogens is 421 g/mol. The maximum absolute atomic E-state index is 13.2. The molecule has 1 unspecified atom stereocenters. The molecule has 31 heavy (non-hydrogen) atoms. The average Bonchev–Trinajstić information content (AvgIpc) is 3.13. The first-order valence-electron chi connectivity index (χ1n) is 9.82. The SMILES string of the molecule is FC(F)Cn1ncc2ncc(N3CCCC(COc4ccccc4C(F)(F)F)C3)nc21. The fraction of sp³-hybridized carbons (Fsp3) is 0.450. The molecule has 11 heteroatoms. The Morgan fingerprint density at radius 3 is 2.74 bits per heavy atom. The van der Waals surface area contributed by atoms with Crippen LogP contribution in [0.15, 0.2) is 36.7 Å². The molecule has 1 fully saturated rings. The van der Waals surface area contributed by atoms with Crippen molar-refractivity contribution in [2.45, 2.75) is 32.0 Å². The van der Waals surface area contributed by atoms with Crippen LogP contribution in [0.4, 0.5) is 27.8 Å². The van der Waals surface area contributed by atoms with Gasteiger partial charge in [0.2, 0.25) is 0 Å². The van der Waals surface area contributed by atoms with E-state index in [1.807, 2.05) is 4.90 Å². The van der Waals surface area contributed by atoms with Crippen LogP contribution in [0.5, 0.6) is 5.75 Å². The van der Waals surface area contributed by atoms with Gasteiger partial charge in [0.1, 0.15) is 23.6 Å². The van der Waals surface area contributed by atoms with Crippen molar-refractivity contribution in [3.8, 4) is 5.75 Å². The summed E-state index contributed by atoms with van der Waals surface area (Å²) in [5.41, 5.74) is -0.105. The first-order valence-corrected chi connectivity index (χ1v) is 9.82. The third-order valence-electron chi connectivity index (χ3n) is 5.15. The summed E-state index contributed by atoms with van der Waals surface area (Å²) >= 11 is 0. The van der Waals surface area contributed by atoms with Crippen LogP contribution in [0.25, 0.3) is 11.2 Å². The minimum atomic E-state index is -4.48. The van der Waals surface area contributed by atoms with Gasteiger partial charge in [-0.1, -0.05) is 12.1 Å². The molecule has 0 spiro atoms. The predicted octanol–water partition coefficient (Wildman–Crippen LogP) is 4.41. The van der Waals surface area contributed by atoms with Crippen LogP contribution in [-0.4, -0.2) is 45.9 Å². The summed E-state index contributed by atoms with van der Waals surface area (Å²) in [4.78, 5) is 10.6. The van der Waals surface area contributed by atoms with Crippen molar-refractivity contribution in [3.05, 3.63) is 42.2 Å². The number of nitrogens with zero attached hydrogens (tertiary/aromatic N) is 5. The van der Waals surface area contributed by atoms with Crippen LogP contribution in [0, 0.1) is 5.92 Å². The lowest BCUT2D eigenvalue weighted by Gasteiger charge is -2.33. The van der Waals surface area contributed by atoms with Crippen molar-refractivity contribution in [2.24, 2.45) is 5.92 Å². The molecule has 0 aliphatic carbocycles. The summed E-state index contributed by atoms with van der Waals surface area (Å²) in [5, 5.41) is 3.91. The zero-order valence-corrected chi connectivity index (χ0v) is 16.4. The smallest absolute Gasteiger partial charge is 0.419 e. The van der Waals surface area contributed by atoms with Crippen molar-refractivity contribution in [1.29, 1.82) is 0 Å². The zero-order chi connectivity index (χ0) is 22.0. The van der Waals surface area contributed by atoms with E-state index in [2.05, 4.69) is 15.1 Å². The molecule has 0 amide bonds. The van der Waals surface area contributed by atoms with Crippen LogP contribution < -0.4 is 9.64 Å². The van der Waals surface area contributed by atoms with Gasteiger partial charge in [0, 0.05) is 19.0 Å². The number of para-hydroxylation sites is 1. The molecule has 0 saturated carbocycles. The van der Waals surface area contributed by atoms with Gasteiger partial charge < -0.3 is 9.64 Å². The predicted molar refractivity (Wildman–Crippen MR) is 103 cm³/mol. The van der Waals surface area contributed by atoms with Crippen LogP contribution in [-0.2, 0) is 12.7 Å². The largest absolute Gasteiger partial charge is 0.493 e. The Hall–Kier alpha value is -2.98. The van der Waals surface area contributed by atoms with Crippen molar-refractivity contribution >= 4 is 17.0 Å². The van der Waals surface area contributed by atoms with E-state index in [1.165, 1.54) is 24.4 Å². The Morgan fingerprint density at radius 2 is 1.97 bits per heavy atom. The molecule has 0 bridgehead atoms. The maximum atomic E-state index is 13.2. The van der Waals surface area contributed by atoms with Gasteiger partial charge in [-0.3, -0.25) is 0 Å². The number of fused-ring (bicyclic) bond motifs is 1. The molecule has 1 aliphatic heterocycles. The van der Waals surface area contributed by atoms with Crippen molar-refractivity contribution in [3.63, 3.8) is 0 Å². The number of ether oxygens (including phenoxy) is 1. The average molecular weight is 441 g/mol. The molecule has 1 aliphatic rings. The highest BCUT2D eigenvalue weighted by molar-refractivity contribution is 5.71. The lowest BCUT2D eigenvalue weighted by Crippen LogP contribution is -2.38. The third kappa shape index (κ3) is 4.86. The fourth-order valence-electron chi connectivity index (χ4n) is 3.70. The van der Waals surface area contributed by atoms with Gasteiger partial charge in [-0.25, -0.2) is 23.4 Å². The molecule has 4 rings (SSSR count). The molecule has 6 nitrogen and oxygen atoms in total. The molecule has 1 aromatic carbocycles. The fourth-order valence-corrected chi connectivity index (χ4v) is 3.70. The van der Waals surface area contributed by atoms with Gasteiger partial charge >= 0.3 is 6.18 Å². The molecule has 166 valence electrons. The molecule has 2 aromatic heterocycles. The number of hydrogen-bond acceptors (Lipinski definition) is 5. The second-order valence-electron chi connectivity index (χ2n) is 7.41. The van der Waals surface area contributed by atoms with E-state index in [1.54, 1.807) is 6.20 Å². The standard InChI is InChI=1S/C20H20F5N5O/c21-17(22)11-30-19-15(8-27-30)26-9-18(28-19)29-7-3-4-13(10-29)12-31-16-6-2-1-5-14(16)20(23,24)25/h1-2,5-6,8-9,13,17H,3-4,7,10-12H2. The Bertz CT molecular complexity index is 1040. The number of rotatable bonds is 6. The summed E-state index contributed by atoms with van der Waals surface area (Å²) in [6.45, 7) is 0.745. The molecule has 0 N–H and O–H groups in total. The van der Waals surface area contributed by atoms with Gasteiger partial charge in [0.05, 0.1) is 24.6 Å². The van der Waals surface area contributed by atoms with E-state index in [4.69, 9.17) is 4.74 Å². The monoisotopic (exact) mass is 441 g/mol. The van der Waals surface area contributed by atoms with Crippen LogP contribution in [0.1, 0.15) is 18.4 Å². The topological polar surface area (TPSA) is 56.1 Å². The number of piperidine rings is 1.